The minimum absolute atomic E-state index is 0.888. The fraction of sp³-hybridized carbons (Fsp3) is 1.00. The van der Waals surface area contributed by atoms with Crippen LogP contribution in [0.1, 0.15) is 32.1 Å². The lowest BCUT2D eigenvalue weighted by Gasteiger charge is -2.45. The van der Waals surface area contributed by atoms with E-state index in [0.29, 0.717) is 0 Å². The van der Waals surface area contributed by atoms with Crippen LogP contribution in [0.25, 0.3) is 0 Å². The number of piperidine rings is 2. The van der Waals surface area contributed by atoms with Crippen molar-refractivity contribution in [2.45, 2.75) is 38.1 Å². The molecule has 3 rings (SSSR count). The van der Waals surface area contributed by atoms with Gasteiger partial charge >= 0.3 is 0 Å². The third kappa shape index (κ3) is 3.01. The average molecular weight is 237 g/mol. The van der Waals surface area contributed by atoms with Gasteiger partial charge in [-0.15, -0.1) is 0 Å². The Labute approximate surface area is 106 Å². The van der Waals surface area contributed by atoms with E-state index < -0.39 is 0 Å². The van der Waals surface area contributed by atoms with Crippen molar-refractivity contribution in [1.29, 1.82) is 0 Å². The second kappa shape index (κ2) is 5.68. The number of piperazine rings is 1. The van der Waals surface area contributed by atoms with Crippen molar-refractivity contribution in [3.05, 3.63) is 0 Å². The quantitative estimate of drug-likeness (QED) is 0.777. The molecule has 98 valence electrons. The molecule has 0 radical (unpaired) electrons. The fourth-order valence-corrected chi connectivity index (χ4v) is 3.82. The third-order valence-corrected chi connectivity index (χ3v) is 4.90. The van der Waals surface area contributed by atoms with Crippen LogP contribution in [0.2, 0.25) is 0 Å². The van der Waals surface area contributed by atoms with E-state index >= 15 is 0 Å². The summed E-state index contributed by atoms with van der Waals surface area (Å²) in [6, 6.07) is 0.888. The molecule has 3 aliphatic rings. The van der Waals surface area contributed by atoms with Crippen LogP contribution in [0.3, 0.4) is 0 Å². The first-order valence-corrected chi connectivity index (χ1v) is 7.59. The first-order chi connectivity index (χ1) is 8.42. The third-order valence-electron chi connectivity index (χ3n) is 4.90. The average Bonchev–Trinajstić information content (AvgIpc) is 2.40. The van der Waals surface area contributed by atoms with Gasteiger partial charge < -0.3 is 10.2 Å². The lowest BCUT2D eigenvalue weighted by Crippen LogP contribution is -2.55. The predicted molar refractivity (Wildman–Crippen MR) is 71.2 cm³/mol. The van der Waals surface area contributed by atoms with Gasteiger partial charge in [0.05, 0.1) is 0 Å². The molecule has 3 aliphatic heterocycles. The van der Waals surface area contributed by atoms with Gasteiger partial charge in [-0.1, -0.05) is 6.42 Å². The predicted octanol–water partition coefficient (Wildman–Crippen LogP) is 1.16. The van der Waals surface area contributed by atoms with Crippen molar-refractivity contribution >= 4 is 0 Å². The summed E-state index contributed by atoms with van der Waals surface area (Å²) in [6.07, 6.45) is 7.13. The zero-order valence-electron chi connectivity index (χ0n) is 11.0. The van der Waals surface area contributed by atoms with Gasteiger partial charge in [0.2, 0.25) is 0 Å². The molecule has 0 aromatic rings. The molecule has 3 saturated heterocycles. The molecule has 0 amide bonds. The standard InChI is InChI=1S/C14H27N3/c1-2-8-17-10-9-16(12-14(17)3-1)11-13-4-6-15-7-5-13/h13-15H,1-12H2. The molecule has 0 saturated carbocycles. The summed E-state index contributed by atoms with van der Waals surface area (Å²) >= 11 is 0. The van der Waals surface area contributed by atoms with Gasteiger partial charge in [-0.25, -0.2) is 0 Å². The first-order valence-electron chi connectivity index (χ1n) is 7.59. The molecule has 17 heavy (non-hydrogen) atoms. The van der Waals surface area contributed by atoms with Gasteiger partial charge in [0.15, 0.2) is 0 Å². The highest BCUT2D eigenvalue weighted by molar-refractivity contribution is 4.86. The molecular weight excluding hydrogens is 210 g/mol. The molecule has 3 nitrogen and oxygen atoms in total. The van der Waals surface area contributed by atoms with Gasteiger partial charge in [-0.05, 0) is 51.2 Å². The molecular formula is C14H27N3. The summed E-state index contributed by atoms with van der Waals surface area (Å²) in [7, 11) is 0. The van der Waals surface area contributed by atoms with Crippen LogP contribution in [0.4, 0.5) is 0 Å². The number of rotatable bonds is 2. The topological polar surface area (TPSA) is 18.5 Å². The lowest BCUT2D eigenvalue weighted by atomic mass is 9.95. The highest BCUT2D eigenvalue weighted by Gasteiger charge is 2.29. The Bertz CT molecular complexity index is 236. The SMILES string of the molecule is C1CCN2CCN(CC3CCNCC3)CC2C1. The number of nitrogens with one attached hydrogen (secondary N) is 1. The van der Waals surface area contributed by atoms with E-state index in [1.165, 1.54) is 77.9 Å². The number of hydrogen-bond acceptors (Lipinski definition) is 3. The maximum Gasteiger partial charge on any atom is 0.0223 e. The molecule has 0 aliphatic carbocycles. The molecule has 1 unspecified atom stereocenters. The number of hydrogen-bond donors (Lipinski definition) is 1. The molecule has 3 heterocycles. The Balaban J connectivity index is 1.48. The smallest absolute Gasteiger partial charge is 0.0223 e. The Hall–Kier alpha value is -0.120. The van der Waals surface area contributed by atoms with Crippen molar-refractivity contribution < 1.29 is 0 Å². The van der Waals surface area contributed by atoms with Crippen molar-refractivity contribution in [3.8, 4) is 0 Å². The Kier molecular flexibility index (Phi) is 3.99. The highest BCUT2D eigenvalue weighted by atomic mass is 15.3. The maximum absolute atomic E-state index is 3.47. The zero-order chi connectivity index (χ0) is 11.5. The Morgan fingerprint density at radius 3 is 2.71 bits per heavy atom. The molecule has 3 fully saturated rings. The van der Waals surface area contributed by atoms with Gasteiger partial charge in [-0.2, -0.15) is 0 Å². The largest absolute Gasteiger partial charge is 0.317 e. The van der Waals surface area contributed by atoms with E-state index in [4.69, 9.17) is 0 Å². The van der Waals surface area contributed by atoms with E-state index in [-0.39, 0.29) is 0 Å². The van der Waals surface area contributed by atoms with Crippen LogP contribution < -0.4 is 5.32 Å². The van der Waals surface area contributed by atoms with Crippen LogP contribution in [0.15, 0.2) is 0 Å². The van der Waals surface area contributed by atoms with Gasteiger partial charge in [0, 0.05) is 32.2 Å². The molecule has 3 heteroatoms. The van der Waals surface area contributed by atoms with Crippen molar-refractivity contribution in [2.75, 3.05) is 45.8 Å². The van der Waals surface area contributed by atoms with Gasteiger partial charge in [-0.3, -0.25) is 4.90 Å². The summed E-state index contributed by atoms with van der Waals surface area (Å²) < 4.78 is 0. The summed E-state index contributed by atoms with van der Waals surface area (Å²) in [5.41, 5.74) is 0. The van der Waals surface area contributed by atoms with Gasteiger partial charge in [0.25, 0.3) is 0 Å². The maximum atomic E-state index is 3.47. The molecule has 0 bridgehead atoms. The molecule has 1 N–H and O–H groups in total. The second-order valence-electron chi connectivity index (χ2n) is 6.14. The van der Waals surface area contributed by atoms with Crippen molar-refractivity contribution in [2.24, 2.45) is 5.92 Å². The monoisotopic (exact) mass is 237 g/mol. The molecule has 0 aromatic carbocycles. The van der Waals surface area contributed by atoms with E-state index in [9.17, 15) is 0 Å². The van der Waals surface area contributed by atoms with Crippen LogP contribution in [-0.2, 0) is 0 Å². The summed E-state index contributed by atoms with van der Waals surface area (Å²) in [4.78, 5) is 5.49. The number of nitrogens with zero attached hydrogens (tertiary/aromatic N) is 2. The minimum atomic E-state index is 0.888. The number of fused-ring (bicyclic) bond motifs is 1. The Morgan fingerprint density at radius 2 is 1.82 bits per heavy atom. The normalized spacial score (nSPS) is 33.5. The van der Waals surface area contributed by atoms with Crippen LogP contribution in [-0.4, -0.2) is 61.7 Å². The second-order valence-corrected chi connectivity index (χ2v) is 6.14. The van der Waals surface area contributed by atoms with Crippen molar-refractivity contribution in [1.82, 2.24) is 15.1 Å². The van der Waals surface area contributed by atoms with Crippen LogP contribution >= 0.6 is 0 Å². The summed E-state index contributed by atoms with van der Waals surface area (Å²) in [5.74, 6) is 0.964. The zero-order valence-corrected chi connectivity index (χ0v) is 11.0. The minimum Gasteiger partial charge on any atom is -0.317 e. The Morgan fingerprint density at radius 1 is 0.941 bits per heavy atom. The van der Waals surface area contributed by atoms with Gasteiger partial charge in [0.1, 0.15) is 0 Å². The fourth-order valence-electron chi connectivity index (χ4n) is 3.82. The van der Waals surface area contributed by atoms with Crippen LogP contribution in [0.5, 0.6) is 0 Å². The molecule has 0 spiro atoms. The molecule has 0 aromatic heterocycles. The van der Waals surface area contributed by atoms with Crippen LogP contribution in [0, 0.1) is 5.92 Å². The van der Waals surface area contributed by atoms with E-state index in [1.807, 2.05) is 0 Å². The summed E-state index contributed by atoms with van der Waals surface area (Å²) in [5, 5.41) is 3.47. The van der Waals surface area contributed by atoms with Crippen molar-refractivity contribution in [3.63, 3.8) is 0 Å². The summed E-state index contributed by atoms with van der Waals surface area (Å²) in [6.45, 7) is 9.22. The van der Waals surface area contributed by atoms with E-state index in [0.717, 1.165) is 12.0 Å². The highest BCUT2D eigenvalue weighted by Crippen LogP contribution is 2.22. The first kappa shape index (κ1) is 11.9. The van der Waals surface area contributed by atoms with E-state index in [2.05, 4.69) is 15.1 Å². The lowest BCUT2D eigenvalue weighted by molar-refractivity contribution is 0.0393. The van der Waals surface area contributed by atoms with E-state index in [1.54, 1.807) is 0 Å². The molecule has 1 atom stereocenters.